The molecular weight excluding hydrogens is 412 g/mol. The number of nitrogens with one attached hydrogen (secondary N) is 2. The fourth-order valence-corrected chi connectivity index (χ4v) is 3.86. The number of pyridine rings is 2. The number of methoxy groups -OCH3 is 1. The molecule has 0 unspecified atom stereocenters. The van der Waals surface area contributed by atoms with Crippen molar-refractivity contribution in [2.24, 2.45) is 0 Å². The van der Waals surface area contributed by atoms with Crippen molar-refractivity contribution < 1.29 is 14.3 Å². The van der Waals surface area contributed by atoms with Gasteiger partial charge in [0, 0.05) is 52.6 Å². The Morgan fingerprint density at radius 1 is 1.28 bits per heavy atom. The van der Waals surface area contributed by atoms with Crippen molar-refractivity contribution in [1.29, 1.82) is 5.41 Å². The van der Waals surface area contributed by atoms with Crippen LogP contribution >= 0.6 is 0 Å². The fourth-order valence-electron chi connectivity index (χ4n) is 3.86. The molecule has 0 spiro atoms. The smallest absolute Gasteiger partial charge is 0.267 e. The van der Waals surface area contributed by atoms with Crippen molar-refractivity contribution >= 4 is 22.6 Å². The number of nitrogens with zero attached hydrogens (tertiary/aromatic N) is 4. The molecule has 2 N–H and O–H groups in total. The molecule has 0 aliphatic carbocycles. The first-order chi connectivity index (χ1) is 15.6. The summed E-state index contributed by atoms with van der Waals surface area (Å²) < 4.78 is 13.6. The fraction of sp³-hybridized carbons (Fsp3) is 0.455. The normalized spacial score (nSPS) is 14.8. The van der Waals surface area contributed by atoms with E-state index in [0.717, 1.165) is 13.1 Å². The van der Waals surface area contributed by atoms with Crippen molar-refractivity contribution in [2.45, 2.75) is 13.0 Å². The van der Waals surface area contributed by atoms with Gasteiger partial charge in [-0.1, -0.05) is 6.07 Å². The van der Waals surface area contributed by atoms with Crippen LogP contribution in [0.4, 0.5) is 0 Å². The number of hydrogen-bond donors (Lipinski definition) is 2. The predicted molar refractivity (Wildman–Crippen MR) is 119 cm³/mol. The first kappa shape index (κ1) is 22.1. The van der Waals surface area contributed by atoms with Gasteiger partial charge in [-0.2, -0.15) is 0 Å². The lowest BCUT2D eigenvalue weighted by Crippen LogP contribution is -2.41. The van der Waals surface area contributed by atoms with Crippen LogP contribution in [0.1, 0.15) is 16.8 Å². The van der Waals surface area contributed by atoms with Gasteiger partial charge >= 0.3 is 0 Å². The van der Waals surface area contributed by atoms with Gasteiger partial charge in [0.2, 0.25) is 0 Å². The molecule has 0 radical (unpaired) electrons. The standard InChI is InChI=1S/C22H28N6O4/c1-31-12-4-6-24-21(29)16-15-17-20(25-18-5-2-3-7-27(18)22(17)30)28(19(16)23)9-8-26-10-13-32-14-11-26/h2-3,5,7,15,23H,4,6,8-14H2,1H3,(H,24,29). The first-order valence-corrected chi connectivity index (χ1v) is 10.8. The molecule has 170 valence electrons. The number of carbonyl (C=O) groups excluding carboxylic acids is 1. The van der Waals surface area contributed by atoms with E-state index < -0.39 is 0 Å². The third-order valence-electron chi connectivity index (χ3n) is 5.62. The van der Waals surface area contributed by atoms with Crippen LogP contribution < -0.4 is 16.4 Å². The largest absolute Gasteiger partial charge is 0.385 e. The maximum absolute atomic E-state index is 13.2. The lowest BCUT2D eigenvalue weighted by atomic mass is 10.2. The van der Waals surface area contributed by atoms with Crippen molar-refractivity contribution in [3.8, 4) is 0 Å². The lowest BCUT2D eigenvalue weighted by molar-refractivity contribution is 0.0363. The average molecular weight is 441 g/mol. The Hall–Kier alpha value is -3.08. The van der Waals surface area contributed by atoms with Gasteiger partial charge in [-0.3, -0.25) is 24.3 Å². The number of ether oxygens (including phenoxy) is 2. The Balaban J connectivity index is 1.77. The molecule has 4 rings (SSSR count). The molecule has 32 heavy (non-hydrogen) atoms. The Bertz CT molecular complexity index is 1230. The number of rotatable bonds is 8. The Labute approximate surface area is 184 Å². The molecule has 3 aromatic rings. The van der Waals surface area contributed by atoms with E-state index in [1.807, 2.05) is 6.07 Å². The summed E-state index contributed by atoms with van der Waals surface area (Å²) in [4.78, 5) is 33.0. The monoisotopic (exact) mass is 440 g/mol. The summed E-state index contributed by atoms with van der Waals surface area (Å²) in [5.74, 6) is -0.384. The van der Waals surface area contributed by atoms with E-state index in [0.29, 0.717) is 62.6 Å². The van der Waals surface area contributed by atoms with Gasteiger partial charge in [0.1, 0.15) is 16.8 Å². The van der Waals surface area contributed by atoms with Gasteiger partial charge in [0.15, 0.2) is 0 Å². The second kappa shape index (κ2) is 10.0. The van der Waals surface area contributed by atoms with Gasteiger partial charge in [-0.15, -0.1) is 0 Å². The van der Waals surface area contributed by atoms with Crippen molar-refractivity contribution in [3.63, 3.8) is 0 Å². The Morgan fingerprint density at radius 2 is 2.09 bits per heavy atom. The zero-order valence-corrected chi connectivity index (χ0v) is 18.2. The molecule has 0 atom stereocenters. The third-order valence-corrected chi connectivity index (χ3v) is 5.62. The van der Waals surface area contributed by atoms with Crippen molar-refractivity contribution in [3.05, 3.63) is 51.9 Å². The molecular formula is C22H28N6O4. The maximum atomic E-state index is 13.2. The predicted octanol–water partition coefficient (Wildman–Crippen LogP) is 0.227. The summed E-state index contributed by atoms with van der Waals surface area (Å²) in [6, 6.07) is 6.82. The van der Waals surface area contributed by atoms with Gasteiger partial charge in [0.25, 0.3) is 11.5 Å². The van der Waals surface area contributed by atoms with Crippen LogP contribution in [-0.2, 0) is 16.0 Å². The van der Waals surface area contributed by atoms with Crippen LogP contribution in [0.3, 0.4) is 0 Å². The highest BCUT2D eigenvalue weighted by molar-refractivity contribution is 5.96. The molecule has 0 saturated carbocycles. The minimum atomic E-state index is -0.384. The average Bonchev–Trinajstić information content (AvgIpc) is 2.82. The van der Waals surface area contributed by atoms with E-state index in [-0.39, 0.29) is 22.5 Å². The summed E-state index contributed by atoms with van der Waals surface area (Å²) in [6.07, 6.45) is 2.32. The third kappa shape index (κ3) is 4.57. The second-order valence-electron chi connectivity index (χ2n) is 7.70. The van der Waals surface area contributed by atoms with Crippen LogP contribution in [0.2, 0.25) is 0 Å². The zero-order chi connectivity index (χ0) is 22.5. The molecule has 1 amide bonds. The van der Waals surface area contributed by atoms with Crippen LogP contribution in [0.5, 0.6) is 0 Å². The molecule has 10 heteroatoms. The highest BCUT2D eigenvalue weighted by Gasteiger charge is 2.18. The molecule has 1 fully saturated rings. The van der Waals surface area contributed by atoms with Gasteiger partial charge in [-0.25, -0.2) is 4.98 Å². The van der Waals surface area contributed by atoms with Crippen molar-refractivity contribution in [2.75, 3.05) is 53.1 Å². The number of morpholine rings is 1. The van der Waals surface area contributed by atoms with E-state index in [2.05, 4.69) is 15.2 Å². The van der Waals surface area contributed by atoms with Crippen LogP contribution in [0, 0.1) is 5.41 Å². The van der Waals surface area contributed by atoms with Crippen molar-refractivity contribution in [1.82, 2.24) is 24.2 Å². The number of aromatic nitrogens is 3. The van der Waals surface area contributed by atoms with Crippen LogP contribution in [-0.4, -0.2) is 77.9 Å². The number of amides is 1. The number of carbonyl (C=O) groups is 1. The summed E-state index contributed by atoms with van der Waals surface area (Å²) in [7, 11) is 1.61. The summed E-state index contributed by atoms with van der Waals surface area (Å²) in [5.41, 5.74) is 0.852. The summed E-state index contributed by atoms with van der Waals surface area (Å²) in [6.45, 7) is 5.03. The van der Waals surface area contributed by atoms with Gasteiger partial charge in [0.05, 0.1) is 24.2 Å². The lowest BCUT2D eigenvalue weighted by Gasteiger charge is -2.27. The van der Waals surface area contributed by atoms with Gasteiger partial charge < -0.3 is 19.4 Å². The van der Waals surface area contributed by atoms with Crippen LogP contribution in [0.25, 0.3) is 16.7 Å². The molecule has 4 heterocycles. The van der Waals surface area contributed by atoms with E-state index in [1.54, 1.807) is 30.0 Å². The minimum absolute atomic E-state index is 0.0437. The Morgan fingerprint density at radius 3 is 2.88 bits per heavy atom. The van der Waals surface area contributed by atoms with E-state index >= 15 is 0 Å². The summed E-state index contributed by atoms with van der Waals surface area (Å²) in [5, 5.41) is 11.9. The summed E-state index contributed by atoms with van der Waals surface area (Å²) >= 11 is 0. The molecule has 0 aromatic carbocycles. The van der Waals surface area contributed by atoms with E-state index in [4.69, 9.17) is 14.9 Å². The van der Waals surface area contributed by atoms with E-state index in [9.17, 15) is 9.59 Å². The molecule has 10 nitrogen and oxygen atoms in total. The number of fused-ring (bicyclic) bond motifs is 2. The topological polar surface area (TPSA) is 114 Å². The van der Waals surface area contributed by atoms with E-state index in [1.165, 1.54) is 10.5 Å². The zero-order valence-electron chi connectivity index (χ0n) is 18.2. The SMILES string of the molecule is COCCCNC(=O)c1cc2c(=O)n3ccccc3nc2n(CCN2CCOCC2)c1=N. The highest BCUT2D eigenvalue weighted by Crippen LogP contribution is 2.11. The number of hydrogen-bond acceptors (Lipinski definition) is 7. The molecule has 3 aromatic heterocycles. The Kier molecular flexibility index (Phi) is 6.93. The molecule has 1 aliphatic heterocycles. The van der Waals surface area contributed by atoms with Gasteiger partial charge in [-0.05, 0) is 24.6 Å². The molecule has 1 saturated heterocycles. The highest BCUT2D eigenvalue weighted by atomic mass is 16.5. The second-order valence-corrected chi connectivity index (χ2v) is 7.70. The molecule has 1 aliphatic rings. The first-order valence-electron chi connectivity index (χ1n) is 10.8. The van der Waals surface area contributed by atoms with Crippen LogP contribution in [0.15, 0.2) is 35.3 Å². The minimum Gasteiger partial charge on any atom is -0.385 e. The quantitative estimate of drug-likeness (QED) is 0.383. The maximum Gasteiger partial charge on any atom is 0.267 e. The molecule has 0 bridgehead atoms.